The molecule has 1 heterocycles. The molecule has 3 nitrogen and oxygen atoms in total. The predicted octanol–water partition coefficient (Wildman–Crippen LogP) is 2.93. The molecule has 0 aliphatic heterocycles. The summed E-state index contributed by atoms with van der Waals surface area (Å²) in [6.07, 6.45) is 5.58. The molecule has 0 fully saturated rings. The van der Waals surface area contributed by atoms with Gasteiger partial charge in [0.2, 0.25) is 0 Å². The lowest BCUT2D eigenvalue weighted by Gasteiger charge is -2.19. The van der Waals surface area contributed by atoms with Crippen molar-refractivity contribution in [2.75, 3.05) is 5.33 Å². The number of halogens is 1. The van der Waals surface area contributed by atoms with E-state index < -0.39 is 0 Å². The molecule has 1 aromatic heterocycles. The fourth-order valence-electron chi connectivity index (χ4n) is 2.48. The first kappa shape index (κ1) is 13.5. The molecule has 1 aromatic rings. The van der Waals surface area contributed by atoms with Gasteiger partial charge in [-0.3, -0.25) is 9.59 Å². The number of Topliss-reactive ketones (excluding diaryl/α,β-unsaturated/α-hetero) is 1. The van der Waals surface area contributed by atoms with Gasteiger partial charge >= 0.3 is 0 Å². The Morgan fingerprint density at radius 1 is 1.11 bits per heavy atom. The molecule has 1 aliphatic rings. The number of carbonyl (C=O) groups is 1. The van der Waals surface area contributed by atoms with Crippen LogP contribution in [0.3, 0.4) is 0 Å². The molecular formula is C14H18BrNO2. The van der Waals surface area contributed by atoms with Crippen molar-refractivity contribution in [1.82, 2.24) is 4.57 Å². The molecule has 0 amide bonds. The third kappa shape index (κ3) is 2.91. The summed E-state index contributed by atoms with van der Waals surface area (Å²) in [6.45, 7) is 0.738. The standard InChI is InChI=1S/C14H18BrNO2/c15-9-2-1-3-10-16-12-5-4-6-13(17)11(12)7-8-14(16)18/h7-8H,1-6,9-10H2. The Hall–Kier alpha value is -0.900. The van der Waals surface area contributed by atoms with Gasteiger partial charge in [-0.2, -0.15) is 0 Å². The Kier molecular flexibility index (Phi) is 4.75. The Morgan fingerprint density at radius 2 is 1.94 bits per heavy atom. The van der Waals surface area contributed by atoms with Gasteiger partial charge in [0.05, 0.1) is 0 Å². The topological polar surface area (TPSA) is 39.1 Å². The number of fused-ring (bicyclic) bond motifs is 1. The van der Waals surface area contributed by atoms with Gasteiger partial charge in [-0.15, -0.1) is 0 Å². The molecule has 0 aromatic carbocycles. The van der Waals surface area contributed by atoms with Gasteiger partial charge in [-0.25, -0.2) is 0 Å². The van der Waals surface area contributed by atoms with Gasteiger partial charge in [0.25, 0.3) is 5.56 Å². The Labute approximate surface area is 115 Å². The number of rotatable bonds is 5. The fourth-order valence-corrected chi connectivity index (χ4v) is 2.88. The number of pyridine rings is 1. The lowest BCUT2D eigenvalue weighted by atomic mass is 9.94. The van der Waals surface area contributed by atoms with Gasteiger partial charge in [0.15, 0.2) is 5.78 Å². The first-order valence-corrected chi connectivity index (χ1v) is 7.68. The first-order valence-electron chi connectivity index (χ1n) is 6.56. The highest BCUT2D eigenvalue weighted by atomic mass is 79.9. The summed E-state index contributed by atoms with van der Waals surface area (Å²) >= 11 is 3.41. The molecule has 0 saturated carbocycles. The largest absolute Gasteiger partial charge is 0.312 e. The molecule has 0 N–H and O–H groups in total. The van der Waals surface area contributed by atoms with E-state index in [1.54, 1.807) is 10.6 Å². The highest BCUT2D eigenvalue weighted by Crippen LogP contribution is 2.20. The van der Waals surface area contributed by atoms with Crippen LogP contribution >= 0.6 is 15.9 Å². The minimum atomic E-state index is 0.0299. The van der Waals surface area contributed by atoms with Crippen LogP contribution in [0.1, 0.15) is 48.2 Å². The van der Waals surface area contributed by atoms with Crippen LogP contribution in [-0.2, 0) is 13.0 Å². The minimum absolute atomic E-state index is 0.0299. The summed E-state index contributed by atoms with van der Waals surface area (Å²) in [4.78, 5) is 23.7. The maximum Gasteiger partial charge on any atom is 0.250 e. The smallest absolute Gasteiger partial charge is 0.250 e. The highest BCUT2D eigenvalue weighted by molar-refractivity contribution is 9.09. The van der Waals surface area contributed by atoms with Crippen molar-refractivity contribution < 1.29 is 4.79 Å². The van der Waals surface area contributed by atoms with Crippen LogP contribution in [0.15, 0.2) is 16.9 Å². The van der Waals surface area contributed by atoms with E-state index in [1.165, 1.54) is 6.07 Å². The molecule has 2 rings (SSSR count). The van der Waals surface area contributed by atoms with Crippen LogP contribution in [0.25, 0.3) is 0 Å². The third-order valence-corrected chi connectivity index (χ3v) is 3.99. The van der Waals surface area contributed by atoms with Crippen LogP contribution in [0.4, 0.5) is 0 Å². The molecule has 0 spiro atoms. The Bertz CT molecular complexity index is 493. The fraction of sp³-hybridized carbons (Fsp3) is 0.571. The second-order valence-corrected chi connectivity index (χ2v) is 5.50. The monoisotopic (exact) mass is 311 g/mol. The van der Waals surface area contributed by atoms with Crippen molar-refractivity contribution in [3.63, 3.8) is 0 Å². The number of carbonyl (C=O) groups excluding carboxylic acids is 1. The summed E-state index contributed by atoms with van der Waals surface area (Å²) in [7, 11) is 0. The second kappa shape index (κ2) is 6.32. The lowest BCUT2D eigenvalue weighted by Crippen LogP contribution is -2.28. The van der Waals surface area contributed by atoms with E-state index in [0.29, 0.717) is 6.42 Å². The average molecular weight is 312 g/mol. The van der Waals surface area contributed by atoms with Gasteiger partial charge in [-0.1, -0.05) is 22.4 Å². The molecule has 18 heavy (non-hydrogen) atoms. The lowest BCUT2D eigenvalue weighted by molar-refractivity contribution is 0.0970. The van der Waals surface area contributed by atoms with Crippen molar-refractivity contribution in [3.05, 3.63) is 33.7 Å². The van der Waals surface area contributed by atoms with Crippen molar-refractivity contribution in [3.8, 4) is 0 Å². The molecule has 0 atom stereocenters. The average Bonchev–Trinajstić information content (AvgIpc) is 2.37. The van der Waals surface area contributed by atoms with Crippen LogP contribution in [-0.4, -0.2) is 15.7 Å². The van der Waals surface area contributed by atoms with Crippen molar-refractivity contribution in [1.29, 1.82) is 0 Å². The van der Waals surface area contributed by atoms with E-state index >= 15 is 0 Å². The van der Waals surface area contributed by atoms with E-state index in [2.05, 4.69) is 15.9 Å². The van der Waals surface area contributed by atoms with Crippen LogP contribution in [0.2, 0.25) is 0 Å². The number of aromatic nitrogens is 1. The quantitative estimate of drug-likeness (QED) is 0.619. The zero-order valence-corrected chi connectivity index (χ0v) is 12.0. The maximum absolute atomic E-state index is 11.9. The van der Waals surface area contributed by atoms with Gasteiger partial charge in [0.1, 0.15) is 0 Å². The number of unbranched alkanes of at least 4 members (excludes halogenated alkanes) is 2. The van der Waals surface area contributed by atoms with E-state index in [9.17, 15) is 9.59 Å². The van der Waals surface area contributed by atoms with Crippen molar-refractivity contribution in [2.45, 2.75) is 45.1 Å². The summed E-state index contributed by atoms with van der Waals surface area (Å²) in [6, 6.07) is 3.24. The third-order valence-electron chi connectivity index (χ3n) is 3.43. The number of alkyl halides is 1. The maximum atomic E-state index is 11.9. The van der Waals surface area contributed by atoms with E-state index in [0.717, 1.165) is 55.2 Å². The van der Waals surface area contributed by atoms with Crippen molar-refractivity contribution >= 4 is 21.7 Å². The Morgan fingerprint density at radius 3 is 2.72 bits per heavy atom. The Balaban J connectivity index is 2.20. The van der Waals surface area contributed by atoms with Gasteiger partial charge < -0.3 is 4.57 Å². The zero-order chi connectivity index (χ0) is 13.0. The molecule has 98 valence electrons. The number of hydrogen-bond acceptors (Lipinski definition) is 2. The molecule has 0 unspecified atom stereocenters. The second-order valence-electron chi connectivity index (χ2n) is 4.71. The van der Waals surface area contributed by atoms with Crippen molar-refractivity contribution in [2.24, 2.45) is 0 Å². The van der Waals surface area contributed by atoms with Crippen LogP contribution in [0.5, 0.6) is 0 Å². The predicted molar refractivity (Wildman–Crippen MR) is 75.6 cm³/mol. The number of nitrogens with zero attached hydrogens (tertiary/aromatic N) is 1. The summed E-state index contributed by atoms with van der Waals surface area (Å²) < 4.78 is 1.81. The summed E-state index contributed by atoms with van der Waals surface area (Å²) in [5, 5.41) is 1.01. The van der Waals surface area contributed by atoms with Gasteiger partial charge in [-0.05, 0) is 31.7 Å². The molecule has 1 aliphatic carbocycles. The number of hydrogen-bond donors (Lipinski definition) is 0. The zero-order valence-electron chi connectivity index (χ0n) is 10.5. The molecule has 0 bridgehead atoms. The van der Waals surface area contributed by atoms with Crippen LogP contribution < -0.4 is 5.56 Å². The summed E-state index contributed by atoms with van der Waals surface area (Å²) in [5.41, 5.74) is 1.75. The van der Waals surface area contributed by atoms with E-state index in [-0.39, 0.29) is 11.3 Å². The first-order chi connectivity index (χ1) is 8.74. The number of ketones is 1. The normalized spacial score (nSPS) is 14.6. The highest BCUT2D eigenvalue weighted by Gasteiger charge is 2.20. The van der Waals surface area contributed by atoms with E-state index in [4.69, 9.17) is 0 Å². The van der Waals surface area contributed by atoms with Crippen LogP contribution in [0, 0.1) is 0 Å². The molecule has 0 radical (unpaired) electrons. The van der Waals surface area contributed by atoms with E-state index in [1.807, 2.05) is 0 Å². The minimum Gasteiger partial charge on any atom is -0.312 e. The molecular weight excluding hydrogens is 294 g/mol. The van der Waals surface area contributed by atoms with Gasteiger partial charge in [0, 0.05) is 35.6 Å². The molecule has 0 saturated heterocycles. The SMILES string of the molecule is O=C1CCCc2c1ccc(=O)n2CCCCCBr. The summed E-state index contributed by atoms with van der Waals surface area (Å²) in [5.74, 6) is 0.186. The molecule has 4 heteroatoms.